The molecular formula is C24H29N3. The molecule has 1 N–H and O–H groups in total. The Hall–Kier alpha value is -2.52. The Bertz CT molecular complexity index is 1010. The molecule has 0 unspecified atom stereocenters. The fraction of sp³-hybridized carbons (Fsp3) is 0.333. The average Bonchev–Trinajstić information content (AvgIpc) is 3.12. The van der Waals surface area contributed by atoms with Gasteiger partial charge in [-0.1, -0.05) is 24.3 Å². The Morgan fingerprint density at radius 1 is 0.704 bits per heavy atom. The molecule has 0 radical (unpaired) electrons. The van der Waals surface area contributed by atoms with Gasteiger partial charge in [-0.05, 0) is 74.2 Å². The molecule has 140 valence electrons. The first-order valence-corrected chi connectivity index (χ1v) is 9.83. The first kappa shape index (κ1) is 17.9. The van der Waals surface area contributed by atoms with Gasteiger partial charge in [0.25, 0.3) is 0 Å². The summed E-state index contributed by atoms with van der Waals surface area (Å²) in [7, 11) is 4.28. The Morgan fingerprint density at radius 3 is 1.59 bits per heavy atom. The highest BCUT2D eigenvalue weighted by Gasteiger charge is 2.08. The molecule has 0 saturated carbocycles. The molecule has 0 aliphatic rings. The fourth-order valence-electron chi connectivity index (χ4n) is 4.13. The second kappa shape index (κ2) is 7.24. The SMILES string of the molecule is Cc1ccc2c(CCNCCc3cn(C)c4cc(C)ccc34)cn(C)c2c1. The van der Waals surface area contributed by atoms with E-state index >= 15 is 0 Å². The number of fused-ring (bicyclic) bond motifs is 2. The van der Waals surface area contributed by atoms with E-state index in [2.05, 4.69) is 91.2 Å². The summed E-state index contributed by atoms with van der Waals surface area (Å²) in [5, 5.41) is 6.40. The van der Waals surface area contributed by atoms with Crippen LogP contribution in [0.15, 0.2) is 48.8 Å². The molecule has 2 heterocycles. The Kier molecular flexibility index (Phi) is 4.79. The van der Waals surface area contributed by atoms with E-state index in [1.54, 1.807) is 0 Å². The van der Waals surface area contributed by atoms with Crippen molar-refractivity contribution in [1.29, 1.82) is 0 Å². The molecule has 0 bridgehead atoms. The van der Waals surface area contributed by atoms with E-state index in [1.165, 1.54) is 44.1 Å². The van der Waals surface area contributed by atoms with E-state index in [4.69, 9.17) is 0 Å². The van der Waals surface area contributed by atoms with Crippen molar-refractivity contribution in [2.75, 3.05) is 13.1 Å². The van der Waals surface area contributed by atoms with Gasteiger partial charge >= 0.3 is 0 Å². The van der Waals surface area contributed by atoms with Crippen molar-refractivity contribution in [2.24, 2.45) is 14.1 Å². The zero-order valence-corrected chi connectivity index (χ0v) is 16.8. The number of nitrogens with zero attached hydrogens (tertiary/aromatic N) is 2. The minimum Gasteiger partial charge on any atom is -0.350 e. The van der Waals surface area contributed by atoms with E-state index in [9.17, 15) is 0 Å². The number of benzene rings is 2. The van der Waals surface area contributed by atoms with Crippen LogP contribution in [0.2, 0.25) is 0 Å². The zero-order valence-electron chi connectivity index (χ0n) is 16.8. The van der Waals surface area contributed by atoms with E-state index in [-0.39, 0.29) is 0 Å². The summed E-state index contributed by atoms with van der Waals surface area (Å²) < 4.78 is 4.49. The van der Waals surface area contributed by atoms with E-state index in [1.807, 2.05) is 0 Å². The lowest BCUT2D eigenvalue weighted by Crippen LogP contribution is -2.20. The van der Waals surface area contributed by atoms with Crippen LogP contribution in [-0.4, -0.2) is 22.2 Å². The van der Waals surface area contributed by atoms with Gasteiger partial charge in [-0.25, -0.2) is 0 Å². The number of aryl methyl sites for hydroxylation is 4. The number of hydrogen-bond donors (Lipinski definition) is 1. The minimum absolute atomic E-state index is 1.01. The molecule has 0 amide bonds. The number of aromatic nitrogens is 2. The smallest absolute Gasteiger partial charge is 0.0483 e. The van der Waals surface area contributed by atoms with Crippen molar-refractivity contribution in [2.45, 2.75) is 26.7 Å². The molecule has 0 spiro atoms. The topological polar surface area (TPSA) is 21.9 Å². The summed E-state index contributed by atoms with van der Waals surface area (Å²) >= 11 is 0. The van der Waals surface area contributed by atoms with Crippen LogP contribution >= 0.6 is 0 Å². The maximum Gasteiger partial charge on any atom is 0.0483 e. The summed E-state index contributed by atoms with van der Waals surface area (Å²) in [4.78, 5) is 0. The summed E-state index contributed by atoms with van der Waals surface area (Å²) in [6, 6.07) is 13.5. The molecule has 3 heteroatoms. The van der Waals surface area contributed by atoms with Crippen molar-refractivity contribution < 1.29 is 0 Å². The predicted molar refractivity (Wildman–Crippen MR) is 116 cm³/mol. The molecule has 2 aromatic heterocycles. The summed E-state index contributed by atoms with van der Waals surface area (Å²) in [6.07, 6.45) is 6.68. The van der Waals surface area contributed by atoms with Gasteiger partial charge in [0.15, 0.2) is 0 Å². The molecule has 0 atom stereocenters. The zero-order chi connectivity index (χ0) is 19.0. The van der Waals surface area contributed by atoms with Crippen LogP contribution in [0, 0.1) is 13.8 Å². The largest absolute Gasteiger partial charge is 0.350 e. The third-order valence-corrected chi connectivity index (χ3v) is 5.60. The van der Waals surface area contributed by atoms with Gasteiger partial charge in [-0.15, -0.1) is 0 Å². The Morgan fingerprint density at radius 2 is 1.15 bits per heavy atom. The average molecular weight is 360 g/mol. The normalized spacial score (nSPS) is 11.7. The summed E-state index contributed by atoms with van der Waals surface area (Å²) in [5.74, 6) is 0. The molecule has 0 aliphatic carbocycles. The van der Waals surface area contributed by atoms with Gasteiger partial charge in [0.05, 0.1) is 0 Å². The lowest BCUT2D eigenvalue weighted by Gasteiger charge is -2.04. The molecule has 4 aromatic rings. The Balaban J connectivity index is 1.36. The number of nitrogens with one attached hydrogen (secondary N) is 1. The highest BCUT2D eigenvalue weighted by atomic mass is 14.9. The van der Waals surface area contributed by atoms with Crippen LogP contribution in [0.5, 0.6) is 0 Å². The standard InChI is InChI=1S/C24H29N3/c1-17-5-7-21-19(15-26(3)23(21)13-17)9-11-25-12-10-20-16-27(4)24-14-18(2)6-8-22(20)24/h5-8,13-16,25H,9-12H2,1-4H3. The van der Waals surface area contributed by atoms with E-state index < -0.39 is 0 Å². The fourth-order valence-corrected chi connectivity index (χ4v) is 4.13. The molecule has 2 aromatic carbocycles. The second-order valence-electron chi connectivity index (χ2n) is 7.82. The quantitative estimate of drug-likeness (QED) is 0.497. The van der Waals surface area contributed by atoms with Gasteiger partial charge in [-0.3, -0.25) is 0 Å². The molecule has 0 saturated heterocycles. The van der Waals surface area contributed by atoms with Crippen LogP contribution < -0.4 is 5.32 Å². The molecule has 4 rings (SSSR count). The monoisotopic (exact) mass is 359 g/mol. The van der Waals surface area contributed by atoms with Gasteiger partial charge in [0, 0.05) is 48.3 Å². The van der Waals surface area contributed by atoms with Gasteiger partial charge in [-0.2, -0.15) is 0 Å². The van der Waals surface area contributed by atoms with Crippen LogP contribution in [0.1, 0.15) is 22.3 Å². The molecule has 3 nitrogen and oxygen atoms in total. The lowest BCUT2D eigenvalue weighted by molar-refractivity contribution is 0.682. The van der Waals surface area contributed by atoms with E-state index in [0.717, 1.165) is 25.9 Å². The lowest BCUT2D eigenvalue weighted by atomic mass is 10.1. The first-order valence-electron chi connectivity index (χ1n) is 9.83. The van der Waals surface area contributed by atoms with E-state index in [0.29, 0.717) is 0 Å². The summed E-state index contributed by atoms with van der Waals surface area (Å²) in [5.41, 5.74) is 8.16. The van der Waals surface area contributed by atoms with Crippen LogP contribution in [0.25, 0.3) is 21.8 Å². The Labute approximate surface area is 161 Å². The highest BCUT2D eigenvalue weighted by Crippen LogP contribution is 2.23. The maximum absolute atomic E-state index is 3.63. The van der Waals surface area contributed by atoms with Crippen molar-refractivity contribution in [3.05, 3.63) is 71.0 Å². The van der Waals surface area contributed by atoms with Crippen LogP contribution in [0.4, 0.5) is 0 Å². The van der Waals surface area contributed by atoms with Crippen molar-refractivity contribution in [3.63, 3.8) is 0 Å². The third kappa shape index (κ3) is 3.52. The molecular weight excluding hydrogens is 330 g/mol. The van der Waals surface area contributed by atoms with Crippen molar-refractivity contribution in [3.8, 4) is 0 Å². The van der Waals surface area contributed by atoms with Crippen LogP contribution in [0.3, 0.4) is 0 Å². The van der Waals surface area contributed by atoms with Crippen molar-refractivity contribution >= 4 is 21.8 Å². The molecule has 0 aliphatic heterocycles. The van der Waals surface area contributed by atoms with Gasteiger partial charge in [0.1, 0.15) is 0 Å². The van der Waals surface area contributed by atoms with Gasteiger partial charge < -0.3 is 14.5 Å². The summed E-state index contributed by atoms with van der Waals surface area (Å²) in [6.45, 7) is 6.33. The van der Waals surface area contributed by atoms with Gasteiger partial charge in [0.2, 0.25) is 0 Å². The predicted octanol–water partition coefficient (Wildman–Crippen LogP) is 4.66. The molecule has 0 fully saturated rings. The maximum atomic E-state index is 3.63. The number of rotatable bonds is 6. The first-order chi connectivity index (χ1) is 13.0. The number of hydrogen-bond acceptors (Lipinski definition) is 1. The van der Waals surface area contributed by atoms with Crippen molar-refractivity contribution in [1.82, 2.24) is 14.5 Å². The molecule has 27 heavy (non-hydrogen) atoms. The second-order valence-corrected chi connectivity index (χ2v) is 7.82. The van der Waals surface area contributed by atoms with Crippen LogP contribution in [-0.2, 0) is 26.9 Å². The minimum atomic E-state index is 1.01. The third-order valence-electron chi connectivity index (χ3n) is 5.60. The highest BCUT2D eigenvalue weighted by molar-refractivity contribution is 5.85.